The topological polar surface area (TPSA) is 12.0 Å². The van der Waals surface area contributed by atoms with Crippen LogP contribution in [0.5, 0.6) is 0 Å². The SMILES string of the molecule is Cc1cc(C)c(CNCC2(C)CCCCC2)cc1C. The Morgan fingerprint density at radius 1 is 0.947 bits per heavy atom. The standard InChI is InChI=1S/C18H29N/c1-14-10-16(3)17(11-15(14)2)12-19-13-18(4)8-6-5-7-9-18/h10-11,19H,5-9,12-13H2,1-4H3. The Bertz CT molecular complexity index is 428. The van der Waals surface area contributed by atoms with E-state index < -0.39 is 0 Å². The summed E-state index contributed by atoms with van der Waals surface area (Å²) in [4.78, 5) is 0. The lowest BCUT2D eigenvalue weighted by molar-refractivity contribution is 0.207. The summed E-state index contributed by atoms with van der Waals surface area (Å²) >= 11 is 0. The highest BCUT2D eigenvalue weighted by molar-refractivity contribution is 5.36. The third-order valence-corrected chi connectivity index (χ3v) is 4.88. The monoisotopic (exact) mass is 259 g/mol. The second kappa shape index (κ2) is 6.09. The van der Waals surface area contributed by atoms with Crippen LogP contribution in [0.15, 0.2) is 12.1 Å². The highest BCUT2D eigenvalue weighted by Gasteiger charge is 2.25. The normalized spacial score (nSPS) is 18.5. The second-order valence-corrected chi connectivity index (χ2v) is 6.84. The maximum absolute atomic E-state index is 3.70. The highest BCUT2D eigenvalue weighted by atomic mass is 14.9. The second-order valence-electron chi connectivity index (χ2n) is 6.84. The predicted molar refractivity (Wildman–Crippen MR) is 83.6 cm³/mol. The fourth-order valence-electron chi connectivity index (χ4n) is 3.29. The predicted octanol–water partition coefficient (Wildman–Crippen LogP) is 4.67. The van der Waals surface area contributed by atoms with Gasteiger partial charge in [0.25, 0.3) is 0 Å². The first-order valence-corrected chi connectivity index (χ1v) is 7.78. The van der Waals surface area contributed by atoms with Gasteiger partial charge in [0.1, 0.15) is 0 Å². The Kier molecular flexibility index (Phi) is 4.67. The number of nitrogens with one attached hydrogen (secondary N) is 1. The Hall–Kier alpha value is -0.820. The zero-order valence-electron chi connectivity index (χ0n) is 13.1. The molecule has 2 rings (SSSR count). The number of aryl methyl sites for hydroxylation is 3. The summed E-state index contributed by atoms with van der Waals surface area (Å²) in [5, 5.41) is 3.70. The third kappa shape index (κ3) is 3.82. The Balaban J connectivity index is 1.90. The number of rotatable bonds is 4. The lowest BCUT2D eigenvalue weighted by atomic mass is 9.76. The molecule has 1 aliphatic carbocycles. The molecule has 0 heterocycles. The molecule has 0 bridgehead atoms. The van der Waals surface area contributed by atoms with Crippen molar-refractivity contribution in [1.29, 1.82) is 0 Å². The maximum Gasteiger partial charge on any atom is 0.0208 e. The molecule has 106 valence electrons. The molecule has 1 saturated carbocycles. The Labute approximate surface area is 118 Å². The van der Waals surface area contributed by atoms with E-state index in [9.17, 15) is 0 Å². The fourth-order valence-corrected chi connectivity index (χ4v) is 3.29. The largest absolute Gasteiger partial charge is 0.312 e. The maximum atomic E-state index is 3.70. The quantitative estimate of drug-likeness (QED) is 0.828. The van der Waals surface area contributed by atoms with Crippen molar-refractivity contribution in [3.8, 4) is 0 Å². The molecule has 1 fully saturated rings. The van der Waals surface area contributed by atoms with Crippen LogP contribution in [0.1, 0.15) is 61.3 Å². The van der Waals surface area contributed by atoms with Gasteiger partial charge in [-0.3, -0.25) is 0 Å². The van der Waals surface area contributed by atoms with Crippen molar-refractivity contribution in [2.24, 2.45) is 5.41 Å². The van der Waals surface area contributed by atoms with E-state index in [4.69, 9.17) is 0 Å². The summed E-state index contributed by atoms with van der Waals surface area (Å²) in [6, 6.07) is 4.66. The molecule has 1 heteroatoms. The van der Waals surface area contributed by atoms with E-state index >= 15 is 0 Å². The van der Waals surface area contributed by atoms with Crippen molar-refractivity contribution in [2.75, 3.05) is 6.54 Å². The van der Waals surface area contributed by atoms with Gasteiger partial charge in [0, 0.05) is 13.1 Å². The lowest BCUT2D eigenvalue weighted by Crippen LogP contribution is -2.33. The van der Waals surface area contributed by atoms with Crippen LogP contribution in [-0.2, 0) is 6.54 Å². The van der Waals surface area contributed by atoms with Crippen molar-refractivity contribution >= 4 is 0 Å². The van der Waals surface area contributed by atoms with Crippen LogP contribution in [0.2, 0.25) is 0 Å². The Morgan fingerprint density at radius 3 is 2.26 bits per heavy atom. The molecule has 1 aliphatic rings. The van der Waals surface area contributed by atoms with E-state index in [2.05, 4.69) is 45.1 Å². The molecule has 0 saturated heterocycles. The molecule has 0 amide bonds. The fraction of sp³-hybridized carbons (Fsp3) is 0.667. The van der Waals surface area contributed by atoms with Crippen molar-refractivity contribution in [3.63, 3.8) is 0 Å². The van der Waals surface area contributed by atoms with Crippen LogP contribution >= 0.6 is 0 Å². The highest BCUT2D eigenvalue weighted by Crippen LogP contribution is 2.35. The van der Waals surface area contributed by atoms with Gasteiger partial charge in [-0.15, -0.1) is 0 Å². The average molecular weight is 259 g/mol. The van der Waals surface area contributed by atoms with E-state index in [1.807, 2.05) is 0 Å². The van der Waals surface area contributed by atoms with Gasteiger partial charge in [-0.05, 0) is 61.3 Å². The van der Waals surface area contributed by atoms with Gasteiger partial charge in [-0.1, -0.05) is 38.3 Å². The molecule has 1 N–H and O–H groups in total. The first kappa shape index (κ1) is 14.6. The zero-order chi connectivity index (χ0) is 13.9. The number of hydrogen-bond donors (Lipinski definition) is 1. The van der Waals surface area contributed by atoms with Gasteiger partial charge < -0.3 is 5.32 Å². The summed E-state index contributed by atoms with van der Waals surface area (Å²) in [5.74, 6) is 0. The van der Waals surface area contributed by atoms with Gasteiger partial charge >= 0.3 is 0 Å². The first-order valence-electron chi connectivity index (χ1n) is 7.78. The van der Waals surface area contributed by atoms with Crippen LogP contribution < -0.4 is 5.32 Å². The third-order valence-electron chi connectivity index (χ3n) is 4.88. The van der Waals surface area contributed by atoms with Crippen LogP contribution in [0.25, 0.3) is 0 Å². The Morgan fingerprint density at radius 2 is 1.58 bits per heavy atom. The molecule has 1 nitrogen and oxygen atoms in total. The molecule has 0 atom stereocenters. The smallest absolute Gasteiger partial charge is 0.0208 e. The minimum atomic E-state index is 0.534. The van der Waals surface area contributed by atoms with E-state index in [0.29, 0.717) is 5.41 Å². The minimum Gasteiger partial charge on any atom is -0.312 e. The number of hydrogen-bond acceptors (Lipinski definition) is 1. The molecule has 0 aliphatic heterocycles. The molecule has 19 heavy (non-hydrogen) atoms. The van der Waals surface area contributed by atoms with E-state index in [1.165, 1.54) is 60.9 Å². The van der Waals surface area contributed by atoms with Gasteiger partial charge in [0.15, 0.2) is 0 Å². The van der Waals surface area contributed by atoms with Crippen LogP contribution in [-0.4, -0.2) is 6.54 Å². The summed E-state index contributed by atoms with van der Waals surface area (Å²) in [6.07, 6.45) is 7.06. The molecular weight excluding hydrogens is 230 g/mol. The van der Waals surface area contributed by atoms with E-state index in [0.717, 1.165) is 6.54 Å². The summed E-state index contributed by atoms with van der Waals surface area (Å²) in [7, 11) is 0. The van der Waals surface area contributed by atoms with Crippen molar-refractivity contribution < 1.29 is 0 Å². The molecular formula is C18H29N. The van der Waals surface area contributed by atoms with Gasteiger partial charge in [-0.2, -0.15) is 0 Å². The van der Waals surface area contributed by atoms with Crippen LogP contribution in [0.3, 0.4) is 0 Å². The molecule has 0 spiro atoms. The average Bonchev–Trinajstić information content (AvgIpc) is 2.36. The van der Waals surface area contributed by atoms with Crippen LogP contribution in [0.4, 0.5) is 0 Å². The van der Waals surface area contributed by atoms with Crippen molar-refractivity contribution in [2.45, 2.75) is 66.3 Å². The van der Waals surface area contributed by atoms with Gasteiger partial charge in [0.2, 0.25) is 0 Å². The zero-order valence-corrected chi connectivity index (χ0v) is 13.1. The van der Waals surface area contributed by atoms with Crippen molar-refractivity contribution in [3.05, 3.63) is 34.4 Å². The van der Waals surface area contributed by atoms with Crippen molar-refractivity contribution in [1.82, 2.24) is 5.32 Å². The minimum absolute atomic E-state index is 0.534. The van der Waals surface area contributed by atoms with E-state index in [1.54, 1.807) is 0 Å². The lowest BCUT2D eigenvalue weighted by Gasteiger charge is -2.34. The van der Waals surface area contributed by atoms with Gasteiger partial charge in [-0.25, -0.2) is 0 Å². The number of benzene rings is 1. The summed E-state index contributed by atoms with van der Waals surface area (Å²) < 4.78 is 0. The summed E-state index contributed by atoms with van der Waals surface area (Å²) in [6.45, 7) is 11.3. The molecule has 0 aromatic heterocycles. The summed E-state index contributed by atoms with van der Waals surface area (Å²) in [5.41, 5.74) is 6.23. The molecule has 0 radical (unpaired) electrons. The van der Waals surface area contributed by atoms with E-state index in [-0.39, 0.29) is 0 Å². The van der Waals surface area contributed by atoms with Gasteiger partial charge in [0.05, 0.1) is 0 Å². The molecule has 1 aromatic carbocycles. The molecule has 1 aromatic rings. The molecule has 0 unspecified atom stereocenters. The van der Waals surface area contributed by atoms with Crippen LogP contribution in [0, 0.1) is 26.2 Å². The first-order chi connectivity index (χ1) is 9.00.